The van der Waals surface area contributed by atoms with Gasteiger partial charge in [0, 0.05) is 51.2 Å². The van der Waals surface area contributed by atoms with Gasteiger partial charge < -0.3 is 14.7 Å². The van der Waals surface area contributed by atoms with Gasteiger partial charge in [-0.3, -0.25) is 0 Å². The van der Waals surface area contributed by atoms with Crippen molar-refractivity contribution in [1.82, 2.24) is 0 Å². The number of para-hydroxylation sites is 3. The third kappa shape index (κ3) is 4.26. The van der Waals surface area contributed by atoms with E-state index in [2.05, 4.69) is 197 Å². The van der Waals surface area contributed by atoms with Gasteiger partial charge in [-0.1, -0.05) is 103 Å². The van der Waals surface area contributed by atoms with E-state index < -0.39 is 0 Å². The number of hydrogen-bond donors (Lipinski definition) is 0. The fourth-order valence-corrected chi connectivity index (χ4v) is 8.72. The number of fused-ring (bicyclic) bond motifs is 3. The minimum Gasteiger partial charge on any atom is -0.311 e. The fraction of sp³-hybridized carbons (Fsp3) is 0.0213. The summed E-state index contributed by atoms with van der Waals surface area (Å²) in [6, 6.07) is 66.8. The van der Waals surface area contributed by atoms with Crippen molar-refractivity contribution in [3.8, 4) is 0 Å². The summed E-state index contributed by atoms with van der Waals surface area (Å²) in [7, 11) is 0. The lowest BCUT2D eigenvalue weighted by Crippen LogP contribution is -2.62. The van der Waals surface area contributed by atoms with Gasteiger partial charge >= 0.3 is 0 Å². The van der Waals surface area contributed by atoms with Gasteiger partial charge in [0.2, 0.25) is 0 Å². The van der Waals surface area contributed by atoms with Crippen molar-refractivity contribution in [2.45, 2.75) is 6.42 Å². The maximum atomic E-state index is 2.52. The van der Waals surface area contributed by atoms with Gasteiger partial charge in [-0.25, -0.2) is 0 Å². The van der Waals surface area contributed by atoms with Crippen LogP contribution in [0.15, 0.2) is 182 Å². The largest absolute Gasteiger partial charge is 0.311 e. The Hall–Kier alpha value is -6.52. The molecular weight excluding hydrogens is 617 g/mol. The third-order valence-corrected chi connectivity index (χ3v) is 10.9. The Balaban J connectivity index is 1.20. The van der Waals surface area contributed by atoms with E-state index in [1.807, 2.05) is 0 Å². The molecule has 51 heavy (non-hydrogen) atoms. The number of anilines is 9. The minimum atomic E-state index is 0.109. The summed E-state index contributed by atoms with van der Waals surface area (Å²) in [5.74, 6) is 0. The van der Waals surface area contributed by atoms with E-state index in [9.17, 15) is 0 Å². The van der Waals surface area contributed by atoms with Crippen LogP contribution in [0.4, 0.5) is 51.2 Å². The smallest absolute Gasteiger partial charge is 0.252 e. The van der Waals surface area contributed by atoms with Gasteiger partial charge in [-0.05, 0) is 124 Å². The Morgan fingerprint density at radius 2 is 1.04 bits per heavy atom. The quantitative estimate of drug-likeness (QED) is 0.172. The molecule has 2 heterocycles. The second kappa shape index (κ2) is 11.0. The molecule has 0 saturated carbocycles. The Bertz CT molecular complexity index is 2600. The Kier molecular flexibility index (Phi) is 6.11. The van der Waals surface area contributed by atoms with E-state index in [0.29, 0.717) is 0 Å². The summed E-state index contributed by atoms with van der Waals surface area (Å²) in [4.78, 5) is 7.39. The zero-order valence-electron chi connectivity index (χ0n) is 27.9. The highest BCUT2D eigenvalue weighted by Gasteiger charge is 2.45. The van der Waals surface area contributed by atoms with Gasteiger partial charge in [-0.15, -0.1) is 0 Å². The van der Waals surface area contributed by atoms with Gasteiger partial charge in [0.25, 0.3) is 6.71 Å². The number of nitrogens with zero attached hydrogens (tertiary/aromatic N) is 3. The molecule has 8 aromatic carbocycles. The Morgan fingerprint density at radius 3 is 1.75 bits per heavy atom. The van der Waals surface area contributed by atoms with Crippen LogP contribution >= 0.6 is 0 Å². The first-order valence-electron chi connectivity index (χ1n) is 17.8. The molecule has 4 aliphatic rings. The van der Waals surface area contributed by atoms with Crippen molar-refractivity contribution in [1.29, 1.82) is 0 Å². The normalized spacial score (nSPS) is 13.3. The molecule has 0 amide bonds. The highest BCUT2D eigenvalue weighted by molar-refractivity contribution is 7.00. The Labute approximate surface area is 298 Å². The topological polar surface area (TPSA) is 9.72 Å². The second-order valence-electron chi connectivity index (χ2n) is 13.8. The summed E-state index contributed by atoms with van der Waals surface area (Å²) in [6.07, 6.45) is 1.03. The molecular formula is C47H32BN3. The zero-order chi connectivity index (χ0) is 33.5. The standard InChI is InChI=1S/C47H32BN3/c1-4-15-36(16-5-1)49(37-17-6-2-7-18-37)40-25-26-41-44(31-40)51(39-24-23-33-13-10-11-14-34(33)30-39)43-22-12-21-42-47(43)48(41)46-35-27-32(28-35)29-45(46)50(42)38-19-8-3-9-20-38/h1-27,29-31H,28H2. The van der Waals surface area contributed by atoms with Crippen molar-refractivity contribution in [2.24, 2.45) is 0 Å². The van der Waals surface area contributed by atoms with E-state index in [0.717, 1.165) is 29.2 Å². The molecule has 0 aromatic heterocycles. The van der Waals surface area contributed by atoms with Crippen LogP contribution in [0.5, 0.6) is 0 Å². The van der Waals surface area contributed by atoms with E-state index in [4.69, 9.17) is 0 Å². The summed E-state index contributed by atoms with van der Waals surface area (Å²) < 4.78 is 0. The van der Waals surface area contributed by atoms with Crippen LogP contribution in [0.1, 0.15) is 11.1 Å². The van der Waals surface area contributed by atoms with Crippen molar-refractivity contribution in [3.63, 3.8) is 0 Å². The molecule has 0 unspecified atom stereocenters. The first-order valence-corrected chi connectivity index (χ1v) is 17.8. The van der Waals surface area contributed by atoms with Crippen molar-refractivity contribution < 1.29 is 0 Å². The lowest BCUT2D eigenvalue weighted by Gasteiger charge is -2.46. The van der Waals surface area contributed by atoms with Crippen LogP contribution in [0.3, 0.4) is 0 Å². The van der Waals surface area contributed by atoms with Gasteiger partial charge in [0.15, 0.2) is 0 Å². The molecule has 0 fully saturated rings. The van der Waals surface area contributed by atoms with E-state index >= 15 is 0 Å². The van der Waals surface area contributed by atoms with Crippen molar-refractivity contribution in [3.05, 3.63) is 193 Å². The van der Waals surface area contributed by atoms with Gasteiger partial charge in [0.1, 0.15) is 0 Å². The molecule has 0 radical (unpaired) electrons. The lowest BCUT2D eigenvalue weighted by atomic mass is 9.32. The van der Waals surface area contributed by atoms with Crippen LogP contribution in [0.2, 0.25) is 0 Å². The molecule has 4 heteroatoms. The van der Waals surface area contributed by atoms with Crippen LogP contribution < -0.4 is 31.1 Å². The summed E-state index contributed by atoms with van der Waals surface area (Å²) in [5, 5.41) is 2.47. The molecule has 2 bridgehead atoms. The maximum Gasteiger partial charge on any atom is 0.252 e. The molecule has 2 aliphatic carbocycles. The van der Waals surface area contributed by atoms with Crippen LogP contribution in [0.25, 0.3) is 10.8 Å². The predicted octanol–water partition coefficient (Wildman–Crippen LogP) is 10.3. The highest BCUT2D eigenvalue weighted by Crippen LogP contribution is 2.47. The van der Waals surface area contributed by atoms with E-state index in [1.54, 1.807) is 0 Å². The SMILES string of the molecule is c1ccc(N(c2ccccc2)c2ccc3c(c2)N(c2ccc4ccccc4c2)c2cccc4c2B3c2c3cc(cc2N4c2ccccc2)C3)cc1. The minimum absolute atomic E-state index is 0.109. The summed E-state index contributed by atoms with van der Waals surface area (Å²) in [6.45, 7) is 0.109. The zero-order valence-corrected chi connectivity index (χ0v) is 27.9. The van der Waals surface area contributed by atoms with Crippen LogP contribution in [-0.4, -0.2) is 6.71 Å². The summed E-state index contributed by atoms with van der Waals surface area (Å²) >= 11 is 0. The second-order valence-corrected chi connectivity index (χ2v) is 13.8. The number of benzene rings is 8. The number of hydrogen-bond acceptors (Lipinski definition) is 3. The first kappa shape index (κ1) is 28.3. The molecule has 12 rings (SSSR count). The van der Waals surface area contributed by atoms with Crippen LogP contribution in [-0.2, 0) is 6.42 Å². The van der Waals surface area contributed by atoms with E-state index in [1.165, 1.54) is 66.7 Å². The first-order chi connectivity index (χ1) is 25.3. The predicted molar refractivity (Wildman–Crippen MR) is 215 cm³/mol. The van der Waals surface area contributed by atoms with Crippen molar-refractivity contribution >= 4 is 85.1 Å². The number of rotatable bonds is 5. The van der Waals surface area contributed by atoms with Crippen molar-refractivity contribution in [2.75, 3.05) is 14.7 Å². The molecule has 0 spiro atoms. The van der Waals surface area contributed by atoms with Gasteiger partial charge in [0.05, 0.1) is 0 Å². The van der Waals surface area contributed by atoms with Gasteiger partial charge in [-0.2, -0.15) is 0 Å². The van der Waals surface area contributed by atoms with E-state index in [-0.39, 0.29) is 6.71 Å². The average molecular weight is 650 g/mol. The third-order valence-electron chi connectivity index (χ3n) is 10.9. The molecule has 3 nitrogen and oxygen atoms in total. The average Bonchev–Trinajstić information content (AvgIpc) is 3.18. The summed E-state index contributed by atoms with van der Waals surface area (Å²) in [5.41, 5.74) is 17.7. The monoisotopic (exact) mass is 649 g/mol. The maximum absolute atomic E-state index is 2.52. The fourth-order valence-electron chi connectivity index (χ4n) is 8.72. The highest BCUT2D eigenvalue weighted by atomic mass is 15.2. The molecule has 0 saturated heterocycles. The lowest BCUT2D eigenvalue weighted by molar-refractivity contribution is 1.09. The van der Waals surface area contributed by atoms with Crippen LogP contribution in [0, 0.1) is 0 Å². The molecule has 0 atom stereocenters. The Morgan fingerprint density at radius 1 is 0.412 bits per heavy atom. The molecule has 8 aromatic rings. The molecule has 2 aliphatic heterocycles. The molecule has 0 N–H and O–H groups in total. The molecule has 238 valence electrons.